The highest BCUT2D eigenvalue weighted by Gasteiger charge is 2.32. The fourth-order valence-electron chi connectivity index (χ4n) is 4.15. The topological polar surface area (TPSA) is 126 Å². The Morgan fingerprint density at radius 3 is 1.30 bits per heavy atom. The van der Waals surface area contributed by atoms with Crippen molar-refractivity contribution in [3.05, 3.63) is 130 Å². The van der Waals surface area contributed by atoms with E-state index in [0.29, 0.717) is 33.9 Å². The SMILES string of the molecule is [C-]#[N+]c1ccc(NC(=O)[C@@](C)(O)COc2ccc(C)c(F)c2)cc1C.[C-]#[N+]c1ccc(NC(=O)[C@@](C)(O)COc2ccc(C)c(F)c2)cc1C. The fourth-order valence-corrected chi connectivity index (χ4v) is 4.15. The number of carbonyl (C=O) groups excluding carboxylic acids is 2. The monoisotopic (exact) mass is 684 g/mol. The van der Waals surface area contributed by atoms with E-state index in [0.717, 1.165) is 11.1 Å². The maximum atomic E-state index is 13.5. The van der Waals surface area contributed by atoms with Crippen molar-refractivity contribution in [2.75, 3.05) is 23.8 Å². The second-order valence-corrected chi connectivity index (χ2v) is 12.1. The van der Waals surface area contributed by atoms with Gasteiger partial charge in [-0.15, -0.1) is 0 Å². The van der Waals surface area contributed by atoms with Crippen molar-refractivity contribution in [1.82, 2.24) is 0 Å². The van der Waals surface area contributed by atoms with E-state index >= 15 is 0 Å². The van der Waals surface area contributed by atoms with Crippen molar-refractivity contribution in [2.45, 2.75) is 52.7 Å². The average Bonchev–Trinajstić information content (AvgIpc) is 3.06. The molecular formula is C38H38F2N4O6. The number of amides is 2. The molecule has 0 aliphatic carbocycles. The van der Waals surface area contributed by atoms with E-state index in [1.807, 2.05) is 0 Å². The summed E-state index contributed by atoms with van der Waals surface area (Å²) in [6.45, 7) is 22.8. The lowest BCUT2D eigenvalue weighted by molar-refractivity contribution is -0.135. The molecule has 0 fully saturated rings. The first-order valence-electron chi connectivity index (χ1n) is 15.3. The fraction of sp³-hybridized carbons (Fsp3) is 0.263. The third-order valence-corrected chi connectivity index (χ3v) is 7.45. The number of hydrogen-bond donors (Lipinski definition) is 4. The van der Waals surface area contributed by atoms with Gasteiger partial charge in [0.25, 0.3) is 11.8 Å². The summed E-state index contributed by atoms with van der Waals surface area (Å²) in [4.78, 5) is 31.2. The number of hydrogen-bond acceptors (Lipinski definition) is 6. The lowest BCUT2D eigenvalue weighted by Gasteiger charge is -2.23. The molecule has 4 rings (SSSR count). The zero-order chi connectivity index (χ0) is 37.2. The number of carbonyl (C=O) groups is 2. The van der Waals surface area contributed by atoms with E-state index in [4.69, 9.17) is 22.6 Å². The number of anilines is 2. The van der Waals surface area contributed by atoms with Crippen LogP contribution in [0.1, 0.15) is 36.1 Å². The molecule has 2 atom stereocenters. The Labute approximate surface area is 289 Å². The van der Waals surface area contributed by atoms with Gasteiger partial charge >= 0.3 is 0 Å². The van der Waals surface area contributed by atoms with Crippen LogP contribution in [0.5, 0.6) is 11.5 Å². The number of benzene rings is 4. The molecule has 0 aromatic heterocycles. The van der Waals surface area contributed by atoms with Gasteiger partial charge in [-0.3, -0.25) is 9.59 Å². The molecule has 12 heteroatoms. The summed E-state index contributed by atoms with van der Waals surface area (Å²) in [5, 5.41) is 25.8. The largest absolute Gasteiger partial charge is 0.490 e. The third-order valence-electron chi connectivity index (χ3n) is 7.45. The van der Waals surface area contributed by atoms with Crippen LogP contribution in [0.25, 0.3) is 9.69 Å². The lowest BCUT2D eigenvalue weighted by atomic mass is 10.1. The van der Waals surface area contributed by atoms with Crippen molar-refractivity contribution in [3.63, 3.8) is 0 Å². The van der Waals surface area contributed by atoms with Gasteiger partial charge in [-0.25, -0.2) is 18.5 Å². The molecule has 50 heavy (non-hydrogen) atoms. The summed E-state index contributed by atoms with van der Waals surface area (Å²) in [5.41, 5.74) is 0.710. The maximum absolute atomic E-state index is 13.5. The second-order valence-electron chi connectivity index (χ2n) is 12.1. The Morgan fingerprint density at radius 1 is 0.640 bits per heavy atom. The van der Waals surface area contributed by atoms with Crippen molar-refractivity contribution in [3.8, 4) is 11.5 Å². The molecule has 0 aliphatic rings. The molecule has 0 aliphatic heterocycles. The summed E-state index contributed by atoms with van der Waals surface area (Å²) in [6.07, 6.45) is 0. The summed E-state index contributed by atoms with van der Waals surface area (Å²) in [5.74, 6) is -1.69. The van der Waals surface area contributed by atoms with Gasteiger partial charge in [-0.05, 0) is 100 Å². The highest BCUT2D eigenvalue weighted by molar-refractivity contribution is 5.98. The molecule has 0 saturated heterocycles. The van der Waals surface area contributed by atoms with E-state index in [2.05, 4.69) is 20.3 Å². The van der Waals surface area contributed by atoms with E-state index in [1.54, 1.807) is 88.4 Å². The minimum Gasteiger partial charge on any atom is -0.490 e. The Hall–Kier alpha value is -5.82. The molecule has 2 amide bonds. The minimum absolute atomic E-state index is 0.230. The number of ether oxygens (including phenoxy) is 2. The molecule has 4 N–H and O–H groups in total. The van der Waals surface area contributed by atoms with E-state index in [1.165, 1.54) is 26.0 Å². The molecule has 0 saturated carbocycles. The normalized spacial score (nSPS) is 12.8. The maximum Gasteiger partial charge on any atom is 0.259 e. The predicted molar refractivity (Wildman–Crippen MR) is 187 cm³/mol. The molecule has 4 aromatic rings. The zero-order valence-electron chi connectivity index (χ0n) is 28.5. The van der Waals surface area contributed by atoms with Crippen LogP contribution in [0.15, 0.2) is 72.8 Å². The first kappa shape index (κ1) is 38.6. The summed E-state index contributed by atoms with van der Waals surface area (Å²) in [6, 6.07) is 18.3. The average molecular weight is 685 g/mol. The van der Waals surface area contributed by atoms with Gasteiger partial charge in [-0.2, -0.15) is 0 Å². The first-order chi connectivity index (χ1) is 23.4. The van der Waals surface area contributed by atoms with Gasteiger partial charge in [0.1, 0.15) is 36.3 Å². The quantitative estimate of drug-likeness (QED) is 0.128. The van der Waals surface area contributed by atoms with E-state index < -0.39 is 34.7 Å². The van der Waals surface area contributed by atoms with Gasteiger partial charge in [0, 0.05) is 23.5 Å². The molecule has 0 radical (unpaired) electrons. The van der Waals surface area contributed by atoms with Gasteiger partial charge in [0.2, 0.25) is 0 Å². The smallest absolute Gasteiger partial charge is 0.259 e. The number of aryl methyl sites for hydroxylation is 4. The number of nitrogens with one attached hydrogen (secondary N) is 2. The highest BCUT2D eigenvalue weighted by atomic mass is 19.1. The Morgan fingerprint density at radius 2 is 1.00 bits per heavy atom. The van der Waals surface area contributed by atoms with Crippen LogP contribution < -0.4 is 20.1 Å². The van der Waals surface area contributed by atoms with E-state index in [-0.39, 0.29) is 24.7 Å². The number of rotatable bonds is 10. The van der Waals surface area contributed by atoms with Crippen molar-refractivity contribution in [2.24, 2.45) is 0 Å². The van der Waals surface area contributed by atoms with Gasteiger partial charge in [0.05, 0.1) is 13.1 Å². The Kier molecular flexibility index (Phi) is 12.8. The van der Waals surface area contributed by atoms with Gasteiger partial charge in [-0.1, -0.05) is 24.3 Å². The summed E-state index contributed by atoms with van der Waals surface area (Å²) >= 11 is 0. The van der Waals surface area contributed by atoms with Crippen molar-refractivity contribution >= 4 is 34.6 Å². The molecule has 260 valence electrons. The van der Waals surface area contributed by atoms with Crippen molar-refractivity contribution in [1.29, 1.82) is 0 Å². The molecule has 0 heterocycles. The molecule has 0 unspecified atom stereocenters. The molecular weight excluding hydrogens is 646 g/mol. The minimum atomic E-state index is -1.81. The number of aliphatic hydroxyl groups is 2. The number of halogens is 2. The van der Waals surface area contributed by atoms with Crippen LogP contribution in [0, 0.1) is 52.5 Å². The molecule has 10 nitrogen and oxygen atoms in total. The van der Waals surface area contributed by atoms with Gasteiger partial charge in [0.15, 0.2) is 22.6 Å². The molecule has 0 bridgehead atoms. The van der Waals surface area contributed by atoms with E-state index in [9.17, 15) is 28.6 Å². The van der Waals surface area contributed by atoms with Crippen LogP contribution in [-0.2, 0) is 9.59 Å². The first-order valence-corrected chi connectivity index (χ1v) is 15.3. The van der Waals surface area contributed by atoms with Crippen molar-refractivity contribution < 1.29 is 38.1 Å². The highest BCUT2D eigenvalue weighted by Crippen LogP contribution is 2.25. The van der Waals surface area contributed by atoms with Crippen LogP contribution in [0.3, 0.4) is 0 Å². The Bertz CT molecular complexity index is 1820. The Balaban J connectivity index is 0.000000270. The summed E-state index contributed by atoms with van der Waals surface area (Å²) < 4.78 is 37.7. The van der Waals surface area contributed by atoms with Gasteiger partial charge < -0.3 is 30.3 Å². The van der Waals surface area contributed by atoms with Crippen LogP contribution in [0.2, 0.25) is 0 Å². The van der Waals surface area contributed by atoms with Crippen LogP contribution in [-0.4, -0.2) is 46.4 Å². The zero-order valence-corrected chi connectivity index (χ0v) is 28.5. The molecule has 0 spiro atoms. The van der Waals surface area contributed by atoms with Crippen LogP contribution >= 0.6 is 0 Å². The standard InChI is InChI=1S/2C19H19FN2O3/c2*1-12-5-7-15(10-16(12)20)25-11-19(3,24)18(23)22-14-6-8-17(21-4)13(2)9-14/h2*5-10,24H,11H2,1-3H3,(H,22,23)/t2*19-/m00/s1. The predicted octanol–water partition coefficient (Wildman–Crippen LogP) is 7.52. The number of nitrogens with zero attached hydrogens (tertiary/aromatic N) is 2. The summed E-state index contributed by atoms with van der Waals surface area (Å²) in [7, 11) is 0. The third kappa shape index (κ3) is 10.6. The lowest BCUT2D eigenvalue weighted by Crippen LogP contribution is -2.45. The molecule has 4 aromatic carbocycles. The second kappa shape index (κ2) is 16.5. The van der Waals surface area contributed by atoms with Crippen LogP contribution in [0.4, 0.5) is 31.5 Å².